The van der Waals surface area contributed by atoms with Gasteiger partial charge in [0.2, 0.25) is 5.91 Å². The van der Waals surface area contributed by atoms with Crippen LogP contribution in [0.15, 0.2) is 42.5 Å². The molecule has 2 fully saturated rings. The maximum atomic E-state index is 14.1. The zero-order valence-corrected chi connectivity index (χ0v) is 18.8. The average Bonchev–Trinajstić information content (AvgIpc) is 2.81. The van der Waals surface area contributed by atoms with Crippen molar-refractivity contribution in [1.29, 1.82) is 0 Å². The minimum Gasteiger partial charge on any atom is -0.381 e. The lowest BCUT2D eigenvalue weighted by Gasteiger charge is -2.43. The Morgan fingerprint density at radius 3 is 2.33 bits per heavy atom. The van der Waals surface area contributed by atoms with Gasteiger partial charge >= 0.3 is 6.18 Å². The van der Waals surface area contributed by atoms with E-state index in [4.69, 9.17) is 16.3 Å². The third-order valence-electron chi connectivity index (χ3n) is 6.60. The molecule has 0 spiro atoms. The number of nitrogens with zero attached hydrogens (tertiary/aromatic N) is 2. The van der Waals surface area contributed by atoms with Gasteiger partial charge in [0.1, 0.15) is 5.82 Å². The molecule has 0 unspecified atom stereocenters. The first kappa shape index (κ1) is 24.0. The van der Waals surface area contributed by atoms with Gasteiger partial charge < -0.3 is 9.64 Å². The van der Waals surface area contributed by atoms with Crippen LogP contribution in [-0.4, -0.2) is 55.1 Å². The lowest BCUT2D eigenvalue weighted by Crippen LogP contribution is -2.55. The van der Waals surface area contributed by atoms with E-state index >= 15 is 0 Å². The van der Waals surface area contributed by atoms with Gasteiger partial charge in [-0.3, -0.25) is 9.69 Å². The molecule has 2 heterocycles. The Hall–Kier alpha value is -2.16. The zero-order chi connectivity index (χ0) is 23.6. The predicted octanol–water partition coefficient (Wildman–Crippen LogP) is 4.89. The van der Waals surface area contributed by atoms with Crippen molar-refractivity contribution >= 4 is 17.5 Å². The molecule has 33 heavy (non-hydrogen) atoms. The molecule has 1 amide bonds. The highest BCUT2D eigenvalue weighted by molar-refractivity contribution is 6.31. The van der Waals surface area contributed by atoms with E-state index < -0.39 is 17.2 Å². The minimum atomic E-state index is -4.48. The van der Waals surface area contributed by atoms with Crippen LogP contribution in [0.5, 0.6) is 0 Å². The number of benzene rings is 2. The van der Waals surface area contributed by atoms with E-state index in [1.807, 2.05) is 4.90 Å². The molecule has 4 rings (SSSR count). The van der Waals surface area contributed by atoms with Crippen LogP contribution < -0.4 is 0 Å². The Labute approximate surface area is 195 Å². The fourth-order valence-corrected chi connectivity index (χ4v) is 4.88. The molecule has 0 radical (unpaired) electrons. The highest BCUT2D eigenvalue weighted by atomic mass is 35.5. The number of carbonyl (C=O) groups excluding carboxylic acids is 1. The van der Waals surface area contributed by atoms with E-state index in [9.17, 15) is 22.4 Å². The summed E-state index contributed by atoms with van der Waals surface area (Å²) in [4.78, 5) is 17.4. The lowest BCUT2D eigenvalue weighted by molar-refractivity contribution is -0.144. The number of piperazine rings is 1. The molecule has 0 saturated carbocycles. The summed E-state index contributed by atoms with van der Waals surface area (Å²) in [6.45, 7) is 2.82. The molecule has 0 atom stereocenters. The van der Waals surface area contributed by atoms with Gasteiger partial charge in [-0.05, 0) is 36.6 Å². The van der Waals surface area contributed by atoms with Crippen LogP contribution in [0.25, 0.3) is 0 Å². The smallest absolute Gasteiger partial charge is 0.381 e. The summed E-state index contributed by atoms with van der Waals surface area (Å²) in [7, 11) is 0. The lowest BCUT2D eigenvalue weighted by atomic mass is 9.72. The van der Waals surface area contributed by atoms with Crippen molar-refractivity contribution in [2.75, 3.05) is 39.4 Å². The number of carbonyl (C=O) groups is 1. The maximum absolute atomic E-state index is 14.1. The Morgan fingerprint density at radius 1 is 1.03 bits per heavy atom. The molecule has 0 aliphatic carbocycles. The van der Waals surface area contributed by atoms with Crippen molar-refractivity contribution in [3.8, 4) is 0 Å². The van der Waals surface area contributed by atoms with Crippen LogP contribution in [0, 0.1) is 5.82 Å². The van der Waals surface area contributed by atoms with Gasteiger partial charge in [0.15, 0.2) is 0 Å². The SMILES string of the molecule is O=C(N1CCN(Cc2c(F)cccc2Cl)CC1)C1(c2cccc(C(F)(F)F)c2)CCOCC1. The molecule has 9 heteroatoms. The number of hydrogen-bond donors (Lipinski definition) is 0. The summed E-state index contributed by atoms with van der Waals surface area (Å²) < 4.78 is 59.6. The summed E-state index contributed by atoms with van der Waals surface area (Å²) in [5.74, 6) is -0.541. The third kappa shape index (κ3) is 5.03. The van der Waals surface area contributed by atoms with Crippen LogP contribution >= 0.6 is 11.6 Å². The molecular formula is C24H25ClF4N2O2. The summed E-state index contributed by atoms with van der Waals surface area (Å²) in [6.07, 6.45) is -3.82. The maximum Gasteiger partial charge on any atom is 0.416 e. The minimum absolute atomic E-state index is 0.173. The topological polar surface area (TPSA) is 32.8 Å². The highest BCUT2D eigenvalue weighted by Gasteiger charge is 2.45. The summed E-state index contributed by atoms with van der Waals surface area (Å²) in [5, 5.41) is 0.360. The van der Waals surface area contributed by atoms with Gasteiger partial charge in [-0.25, -0.2) is 4.39 Å². The molecule has 178 valence electrons. The van der Waals surface area contributed by atoms with E-state index in [0.717, 1.165) is 12.1 Å². The average molecular weight is 485 g/mol. The van der Waals surface area contributed by atoms with Crippen molar-refractivity contribution in [2.24, 2.45) is 0 Å². The number of hydrogen-bond acceptors (Lipinski definition) is 3. The van der Waals surface area contributed by atoms with Gasteiger partial charge in [-0.1, -0.05) is 35.9 Å². The number of amides is 1. The van der Waals surface area contributed by atoms with E-state index in [1.165, 1.54) is 12.1 Å². The second-order valence-corrected chi connectivity index (χ2v) is 8.95. The van der Waals surface area contributed by atoms with Gasteiger partial charge in [-0.2, -0.15) is 13.2 Å². The predicted molar refractivity (Wildman–Crippen MR) is 116 cm³/mol. The van der Waals surface area contributed by atoms with E-state index in [2.05, 4.69) is 0 Å². The number of rotatable bonds is 4. The van der Waals surface area contributed by atoms with Gasteiger partial charge in [0.05, 0.1) is 11.0 Å². The number of alkyl halides is 3. The Bertz CT molecular complexity index is 980. The van der Waals surface area contributed by atoms with Crippen molar-refractivity contribution in [2.45, 2.75) is 31.0 Å². The van der Waals surface area contributed by atoms with Crippen LogP contribution in [0.4, 0.5) is 17.6 Å². The van der Waals surface area contributed by atoms with Crippen LogP contribution in [0.2, 0.25) is 5.02 Å². The van der Waals surface area contributed by atoms with E-state index in [0.29, 0.717) is 74.9 Å². The second-order valence-electron chi connectivity index (χ2n) is 8.54. The number of ether oxygens (including phenoxy) is 1. The molecule has 2 saturated heterocycles. The molecule has 2 aliphatic heterocycles. The first-order chi connectivity index (χ1) is 15.7. The number of halogens is 5. The monoisotopic (exact) mass is 484 g/mol. The van der Waals surface area contributed by atoms with Gasteiger partial charge in [-0.15, -0.1) is 0 Å². The van der Waals surface area contributed by atoms with E-state index in [-0.39, 0.29) is 11.7 Å². The van der Waals surface area contributed by atoms with Crippen molar-refractivity contribution in [3.63, 3.8) is 0 Å². The molecule has 2 aromatic rings. The van der Waals surface area contributed by atoms with Crippen molar-refractivity contribution in [3.05, 3.63) is 70.0 Å². The Morgan fingerprint density at radius 2 is 1.70 bits per heavy atom. The summed E-state index contributed by atoms with van der Waals surface area (Å²) in [6, 6.07) is 9.65. The highest BCUT2D eigenvalue weighted by Crippen LogP contribution is 2.40. The quantitative estimate of drug-likeness (QED) is 0.579. The fourth-order valence-electron chi connectivity index (χ4n) is 4.66. The fraction of sp³-hybridized carbons (Fsp3) is 0.458. The van der Waals surface area contributed by atoms with Crippen molar-refractivity contribution < 1.29 is 27.1 Å². The normalized spacial score (nSPS) is 19.5. The molecular weight excluding hydrogens is 460 g/mol. The van der Waals surface area contributed by atoms with Gasteiger partial charge in [0.25, 0.3) is 0 Å². The van der Waals surface area contributed by atoms with Gasteiger partial charge in [0, 0.05) is 56.5 Å². The molecule has 0 bridgehead atoms. The van der Waals surface area contributed by atoms with Crippen LogP contribution in [0.1, 0.15) is 29.5 Å². The largest absolute Gasteiger partial charge is 0.416 e. The zero-order valence-electron chi connectivity index (χ0n) is 18.0. The molecule has 2 aromatic carbocycles. The Balaban J connectivity index is 1.51. The van der Waals surface area contributed by atoms with E-state index in [1.54, 1.807) is 23.1 Å². The second kappa shape index (κ2) is 9.60. The summed E-state index contributed by atoms with van der Waals surface area (Å²) in [5.41, 5.74) is -1.00. The molecule has 2 aliphatic rings. The first-order valence-electron chi connectivity index (χ1n) is 10.9. The molecule has 4 nitrogen and oxygen atoms in total. The van der Waals surface area contributed by atoms with Crippen LogP contribution in [-0.2, 0) is 27.7 Å². The summed E-state index contributed by atoms with van der Waals surface area (Å²) >= 11 is 6.14. The first-order valence-corrected chi connectivity index (χ1v) is 11.3. The molecule has 0 aromatic heterocycles. The molecule has 0 N–H and O–H groups in total. The van der Waals surface area contributed by atoms with Crippen molar-refractivity contribution in [1.82, 2.24) is 9.80 Å². The Kier molecular flexibility index (Phi) is 6.98. The standard InChI is InChI=1S/C24H25ClF4N2O2/c25-20-5-2-6-21(26)19(20)16-30-9-11-31(12-10-30)22(32)23(7-13-33-14-8-23)17-3-1-4-18(15-17)24(27,28)29/h1-6,15H,7-14,16H2. The van der Waals surface area contributed by atoms with Crippen LogP contribution in [0.3, 0.4) is 0 Å². The third-order valence-corrected chi connectivity index (χ3v) is 6.96.